The fraction of sp³-hybridized carbons (Fsp3) is 0.466. The molecule has 3 fully saturated rings. The predicted molar refractivity (Wildman–Crippen MR) is 293 cm³/mol. The van der Waals surface area contributed by atoms with Crippen LogP contribution < -0.4 is 31.3 Å². The zero-order valence-corrected chi connectivity index (χ0v) is 45.7. The Morgan fingerprint density at radius 2 is 1.16 bits per heavy atom. The number of hydrogen-bond donors (Lipinski definition) is 14. The molecular weight excluding hydrogens is 1070 g/mol. The van der Waals surface area contributed by atoms with Crippen molar-refractivity contribution in [1.29, 1.82) is 0 Å². The van der Waals surface area contributed by atoms with Gasteiger partial charge >= 0.3 is 0 Å². The Hall–Kier alpha value is -7.55. The molecule has 4 aromatic rings. The van der Waals surface area contributed by atoms with E-state index in [1.807, 2.05) is 48.5 Å². The number of nitrogens with zero attached hydrogens (tertiary/aromatic N) is 2. The molecular formula is C58H73N7O17. The molecule has 0 aromatic heterocycles. The number of aliphatic hydroxyl groups is 8. The number of benzene rings is 4. The highest BCUT2D eigenvalue weighted by molar-refractivity contribution is 6.00. The summed E-state index contributed by atoms with van der Waals surface area (Å²) in [4.78, 5) is 102. The highest BCUT2D eigenvalue weighted by Crippen LogP contribution is 2.30. The number of fused-ring (bicyclic) bond motifs is 2. The summed E-state index contributed by atoms with van der Waals surface area (Å²) in [6.07, 6.45) is -13.6. The molecule has 14 N–H and O–H groups in total. The van der Waals surface area contributed by atoms with E-state index in [1.54, 1.807) is 12.1 Å². The molecule has 2 unspecified atom stereocenters. The van der Waals surface area contributed by atoms with E-state index in [-0.39, 0.29) is 23.4 Å². The van der Waals surface area contributed by atoms with Crippen LogP contribution in [0, 0.1) is 5.92 Å². The van der Waals surface area contributed by atoms with Crippen LogP contribution in [-0.4, -0.2) is 196 Å². The smallest absolute Gasteiger partial charge is 0.251 e. The lowest BCUT2D eigenvalue weighted by Crippen LogP contribution is -2.64. The van der Waals surface area contributed by atoms with E-state index in [0.29, 0.717) is 12.2 Å². The number of unbranched alkanes of at least 4 members (excludes halogenated alkanes) is 2. The number of phenols is 1. The number of aromatic hydroxyl groups is 1. The van der Waals surface area contributed by atoms with Crippen LogP contribution in [0.5, 0.6) is 11.5 Å². The number of hydrogen-bond acceptors (Lipinski definition) is 17. The first-order chi connectivity index (χ1) is 39.0. The van der Waals surface area contributed by atoms with Crippen LogP contribution in [0.1, 0.15) is 81.8 Å². The average molecular weight is 1140 g/mol. The first kappa shape index (κ1) is 62.1. The van der Waals surface area contributed by atoms with Crippen molar-refractivity contribution in [2.45, 2.75) is 145 Å². The van der Waals surface area contributed by atoms with Gasteiger partial charge in [0.1, 0.15) is 66.1 Å². The molecule has 4 aromatic carbocycles. The largest absolute Gasteiger partial charge is 0.508 e. The average Bonchev–Trinajstić information content (AvgIpc) is 4.06. The van der Waals surface area contributed by atoms with E-state index in [0.717, 1.165) is 77.5 Å². The Kier molecular flexibility index (Phi) is 20.8. The number of ether oxygens (including phenoxy) is 1. The van der Waals surface area contributed by atoms with Gasteiger partial charge in [0.25, 0.3) is 5.91 Å². The summed E-state index contributed by atoms with van der Waals surface area (Å²) >= 11 is 0. The first-order valence-electron chi connectivity index (χ1n) is 27.3. The van der Waals surface area contributed by atoms with Crippen molar-refractivity contribution in [2.24, 2.45) is 5.92 Å². The Morgan fingerprint density at radius 3 is 1.72 bits per heavy atom. The maximum atomic E-state index is 14.5. The van der Waals surface area contributed by atoms with Gasteiger partial charge < -0.3 is 87.1 Å². The molecule has 442 valence electrons. The summed E-state index contributed by atoms with van der Waals surface area (Å²) in [7, 11) is 0. The van der Waals surface area contributed by atoms with Crippen LogP contribution >= 0.6 is 0 Å². The van der Waals surface area contributed by atoms with Gasteiger partial charge in [-0.25, -0.2) is 0 Å². The van der Waals surface area contributed by atoms with Gasteiger partial charge in [-0.1, -0.05) is 87.4 Å². The minimum atomic E-state index is -2.29. The van der Waals surface area contributed by atoms with Crippen molar-refractivity contribution in [2.75, 3.05) is 19.7 Å². The standard InChI is InChI=1S/C58H73N7O17/c1-5-6-7-24-82-40-22-18-35(19-23-40)33-10-8-32(9-11-33)34-12-14-37(15-13-34)51(74)59-41-26-43(70)54(77)63-56(79)47-48(71)29(2)27-65(47)58(81)45(31(4)67)61-55(78)46(50(73)49(72)36-16-20-38(68)21-17-36)62-53(76)42-25-39(69)28-64(42)57(80)44(30(3)66)60-52(41)75/h8-23,29-31,39,41-50,54,66-73,77H,5-7,24-28H2,1-4H3,(H,59,74)(H,60,75)(H,61,78)(H,62,76)(H,63,79)/t29-,30+,31+,39+,41?,42-,43+,44-,45-,46?,47-,48-,49-,50-,54+/m0/s1. The summed E-state index contributed by atoms with van der Waals surface area (Å²) in [6, 6.07) is 14.7. The number of carbonyl (C=O) groups excluding carboxylic acids is 7. The van der Waals surface area contributed by atoms with Gasteiger partial charge in [0.05, 0.1) is 31.0 Å². The van der Waals surface area contributed by atoms with Crippen molar-refractivity contribution in [3.8, 4) is 33.8 Å². The van der Waals surface area contributed by atoms with Gasteiger partial charge in [0, 0.05) is 37.4 Å². The monoisotopic (exact) mass is 1140 g/mol. The van der Waals surface area contributed by atoms with Gasteiger partial charge in [0.2, 0.25) is 35.4 Å². The van der Waals surface area contributed by atoms with Crippen LogP contribution in [0.2, 0.25) is 0 Å². The number of rotatable bonds is 14. The number of amides is 7. The van der Waals surface area contributed by atoms with Gasteiger partial charge in [-0.3, -0.25) is 33.6 Å². The van der Waals surface area contributed by atoms with E-state index < -0.39 is 152 Å². The lowest BCUT2D eigenvalue weighted by Gasteiger charge is -2.34. The topological polar surface area (TPSA) is 377 Å². The van der Waals surface area contributed by atoms with Crippen LogP contribution in [0.25, 0.3) is 22.3 Å². The van der Waals surface area contributed by atoms with Crippen molar-refractivity contribution < 1.29 is 84.3 Å². The molecule has 0 bridgehead atoms. The molecule has 24 nitrogen and oxygen atoms in total. The molecule has 24 heteroatoms. The lowest BCUT2D eigenvalue weighted by atomic mass is 9.96. The first-order valence-corrected chi connectivity index (χ1v) is 27.3. The van der Waals surface area contributed by atoms with Crippen molar-refractivity contribution >= 4 is 41.4 Å². The van der Waals surface area contributed by atoms with Crippen LogP contribution in [0.3, 0.4) is 0 Å². The van der Waals surface area contributed by atoms with Crippen molar-refractivity contribution in [3.63, 3.8) is 0 Å². The summed E-state index contributed by atoms with van der Waals surface area (Å²) in [5, 5.41) is 111. The maximum Gasteiger partial charge on any atom is 0.251 e. The second kappa shape index (κ2) is 27.5. The SMILES string of the molecule is CCCCCOc1ccc(-c2ccc(-c3ccc(C(=O)NC4C[C@@H](O)[C@@H](O)NC(=O)[C@@H]5[C@@H](O)[C@@H](C)CN5C(=O)[C@H]([C@@H](C)O)NC(=O)C([C@H](O)[C@@H](O)c5ccc(O)cc5)NC(=O)[C@@H]5C[C@@H](O)CN5C(=O)[C@H]([C@@H](C)O)NC4=O)cc3)cc2)cc1. The van der Waals surface area contributed by atoms with Gasteiger partial charge in [-0.05, 0) is 84.5 Å². The quantitative estimate of drug-likeness (QED) is 0.0679. The Balaban J connectivity index is 1.18. The van der Waals surface area contributed by atoms with Crippen LogP contribution in [-0.2, 0) is 28.8 Å². The predicted octanol–water partition coefficient (Wildman–Crippen LogP) is -0.927. The zero-order chi connectivity index (χ0) is 59.7. The minimum absolute atomic E-state index is 0.00973. The van der Waals surface area contributed by atoms with E-state index in [2.05, 4.69) is 33.5 Å². The summed E-state index contributed by atoms with van der Waals surface area (Å²) in [6.45, 7) is 5.47. The third kappa shape index (κ3) is 14.7. The fourth-order valence-corrected chi connectivity index (χ4v) is 10.2. The number of aliphatic hydroxyl groups excluding tert-OH is 8. The van der Waals surface area contributed by atoms with Crippen molar-refractivity contribution in [3.05, 3.63) is 108 Å². The van der Waals surface area contributed by atoms with Gasteiger partial charge in [-0.15, -0.1) is 0 Å². The third-order valence-electron chi connectivity index (χ3n) is 15.0. The maximum absolute atomic E-state index is 14.5. The second-order valence-corrected chi connectivity index (χ2v) is 21.3. The molecule has 0 spiro atoms. The molecule has 3 aliphatic heterocycles. The summed E-state index contributed by atoms with van der Waals surface area (Å²) in [5.74, 6) is -8.67. The molecule has 0 radical (unpaired) electrons. The fourth-order valence-electron chi connectivity index (χ4n) is 10.2. The van der Waals surface area contributed by atoms with E-state index in [9.17, 15) is 79.5 Å². The van der Waals surface area contributed by atoms with E-state index in [1.165, 1.54) is 31.2 Å². The Morgan fingerprint density at radius 1 is 0.634 bits per heavy atom. The van der Waals surface area contributed by atoms with Gasteiger partial charge in [-0.2, -0.15) is 0 Å². The molecule has 3 heterocycles. The second-order valence-electron chi connectivity index (χ2n) is 21.3. The minimum Gasteiger partial charge on any atom is -0.508 e. The van der Waals surface area contributed by atoms with Gasteiger partial charge in [0.15, 0.2) is 6.23 Å². The third-order valence-corrected chi connectivity index (χ3v) is 15.0. The molecule has 15 atom stereocenters. The Labute approximate surface area is 473 Å². The molecule has 82 heavy (non-hydrogen) atoms. The Bertz CT molecular complexity index is 2880. The van der Waals surface area contributed by atoms with E-state index in [4.69, 9.17) is 4.74 Å². The molecule has 3 aliphatic rings. The number of phenolic OH excluding ortho intramolecular Hbond substituents is 1. The molecule has 3 saturated heterocycles. The van der Waals surface area contributed by atoms with Crippen LogP contribution in [0.4, 0.5) is 0 Å². The highest BCUT2D eigenvalue weighted by Gasteiger charge is 2.50. The zero-order valence-electron chi connectivity index (χ0n) is 45.7. The lowest BCUT2D eigenvalue weighted by molar-refractivity contribution is -0.148. The van der Waals surface area contributed by atoms with E-state index >= 15 is 0 Å². The molecule has 7 amide bonds. The molecule has 0 aliphatic carbocycles. The molecule has 7 rings (SSSR count). The summed E-state index contributed by atoms with van der Waals surface area (Å²) in [5.41, 5.74) is 3.37. The van der Waals surface area contributed by atoms with Crippen molar-refractivity contribution in [1.82, 2.24) is 36.4 Å². The highest BCUT2D eigenvalue weighted by atomic mass is 16.5. The number of carbonyl (C=O) groups is 7. The van der Waals surface area contributed by atoms with Crippen LogP contribution in [0.15, 0.2) is 97.1 Å². The number of nitrogens with one attached hydrogen (secondary N) is 5. The summed E-state index contributed by atoms with van der Waals surface area (Å²) < 4.78 is 5.84. The molecule has 0 saturated carbocycles. The normalized spacial score (nSPS) is 27.5.